The number of carbonyl (C=O) groups excluding carboxylic acids is 1. The van der Waals surface area contributed by atoms with Gasteiger partial charge in [0, 0.05) is 12.1 Å². The molecule has 2 N–H and O–H groups in total. The molecule has 0 spiro atoms. The Balaban J connectivity index is 1.86. The molecule has 1 aliphatic heterocycles. The third-order valence-electron chi connectivity index (χ3n) is 3.50. The van der Waals surface area contributed by atoms with Crippen LogP contribution in [-0.2, 0) is 14.3 Å². The Hall–Kier alpha value is -1.75. The lowest BCUT2D eigenvalue weighted by Crippen LogP contribution is -2.37. The molecule has 116 valence electrons. The van der Waals surface area contributed by atoms with E-state index in [0.29, 0.717) is 17.9 Å². The monoisotopic (exact) mass is 293 g/mol. The van der Waals surface area contributed by atoms with Gasteiger partial charge in [-0.2, -0.15) is 0 Å². The predicted octanol–water partition coefficient (Wildman–Crippen LogP) is 2.54. The second kappa shape index (κ2) is 5.56. The van der Waals surface area contributed by atoms with E-state index in [0.717, 1.165) is 0 Å². The summed E-state index contributed by atoms with van der Waals surface area (Å²) in [7, 11) is 0. The zero-order valence-corrected chi connectivity index (χ0v) is 13.0. The van der Waals surface area contributed by atoms with E-state index in [1.54, 1.807) is 24.3 Å². The van der Waals surface area contributed by atoms with Gasteiger partial charge in [0.25, 0.3) is 0 Å². The van der Waals surface area contributed by atoms with Crippen LogP contribution < -0.4 is 10.5 Å². The first-order chi connectivity index (χ1) is 9.68. The first-order valence-corrected chi connectivity index (χ1v) is 7.06. The predicted molar refractivity (Wildman–Crippen MR) is 80.1 cm³/mol. The molecule has 5 nitrogen and oxygen atoms in total. The summed E-state index contributed by atoms with van der Waals surface area (Å²) in [6.07, 6.45) is 0.406. The van der Waals surface area contributed by atoms with Crippen LogP contribution in [0.1, 0.15) is 34.1 Å². The number of benzene rings is 1. The van der Waals surface area contributed by atoms with Gasteiger partial charge in [0.05, 0.1) is 5.60 Å². The number of hydrogen-bond acceptors (Lipinski definition) is 5. The van der Waals surface area contributed by atoms with Crippen LogP contribution in [0.5, 0.6) is 5.75 Å². The number of esters is 1. The van der Waals surface area contributed by atoms with Crippen LogP contribution in [0.3, 0.4) is 0 Å². The van der Waals surface area contributed by atoms with Gasteiger partial charge in [0.15, 0.2) is 6.61 Å². The number of carbonyl (C=O) groups is 1. The number of anilines is 1. The lowest BCUT2D eigenvalue weighted by Gasteiger charge is -2.26. The van der Waals surface area contributed by atoms with Crippen molar-refractivity contribution in [2.75, 3.05) is 12.3 Å². The van der Waals surface area contributed by atoms with E-state index < -0.39 is 11.6 Å². The summed E-state index contributed by atoms with van der Waals surface area (Å²) in [5.74, 6) is 0.189. The van der Waals surface area contributed by atoms with Crippen molar-refractivity contribution in [2.24, 2.45) is 0 Å². The summed E-state index contributed by atoms with van der Waals surface area (Å²) in [6.45, 7) is 7.72. The van der Waals surface area contributed by atoms with E-state index in [1.165, 1.54) is 0 Å². The molecule has 1 heterocycles. The zero-order valence-electron chi connectivity index (χ0n) is 13.0. The maximum absolute atomic E-state index is 11.9. The van der Waals surface area contributed by atoms with Crippen LogP contribution in [0.25, 0.3) is 0 Å². The van der Waals surface area contributed by atoms with E-state index in [9.17, 15) is 4.79 Å². The SMILES string of the molecule is CC1(C)CC(OC(=O)COc2ccc(N)cc2)C(C)(C)O1. The zero-order chi connectivity index (χ0) is 15.7. The van der Waals surface area contributed by atoms with Crippen molar-refractivity contribution >= 4 is 11.7 Å². The van der Waals surface area contributed by atoms with Crippen LogP contribution >= 0.6 is 0 Å². The molecule has 5 heteroatoms. The number of rotatable bonds is 4. The molecule has 1 aromatic carbocycles. The maximum Gasteiger partial charge on any atom is 0.344 e. The molecular weight excluding hydrogens is 270 g/mol. The number of hydrogen-bond donors (Lipinski definition) is 1. The average molecular weight is 293 g/mol. The molecule has 0 aliphatic carbocycles. The Morgan fingerprint density at radius 1 is 1.29 bits per heavy atom. The Kier molecular flexibility index (Phi) is 4.14. The summed E-state index contributed by atoms with van der Waals surface area (Å²) in [6, 6.07) is 6.87. The standard InChI is InChI=1S/C16H23NO4/c1-15(2)9-13(16(3,4)21-15)20-14(18)10-19-12-7-5-11(17)6-8-12/h5-8,13H,9-10,17H2,1-4H3. The molecule has 0 amide bonds. The van der Waals surface area contributed by atoms with Gasteiger partial charge in [-0.05, 0) is 52.0 Å². The molecule has 2 rings (SSSR count). The Labute approximate surface area is 125 Å². The van der Waals surface area contributed by atoms with Crippen LogP contribution in [-0.4, -0.2) is 29.9 Å². The van der Waals surface area contributed by atoms with Crippen molar-refractivity contribution in [3.63, 3.8) is 0 Å². The Bertz CT molecular complexity index is 508. The van der Waals surface area contributed by atoms with Gasteiger partial charge in [-0.15, -0.1) is 0 Å². The summed E-state index contributed by atoms with van der Waals surface area (Å²) in [5, 5.41) is 0. The fraction of sp³-hybridized carbons (Fsp3) is 0.562. The second-order valence-electron chi connectivity index (χ2n) is 6.51. The first-order valence-electron chi connectivity index (χ1n) is 7.06. The highest BCUT2D eigenvalue weighted by atomic mass is 16.6. The quantitative estimate of drug-likeness (QED) is 0.682. The van der Waals surface area contributed by atoms with Gasteiger partial charge in [-0.25, -0.2) is 4.79 Å². The van der Waals surface area contributed by atoms with E-state index in [4.69, 9.17) is 19.9 Å². The molecule has 1 fully saturated rings. The molecule has 0 bridgehead atoms. The molecule has 1 unspecified atom stereocenters. The topological polar surface area (TPSA) is 70.8 Å². The molecular formula is C16H23NO4. The second-order valence-corrected chi connectivity index (χ2v) is 6.51. The molecule has 0 radical (unpaired) electrons. The fourth-order valence-electron chi connectivity index (χ4n) is 2.59. The van der Waals surface area contributed by atoms with E-state index in [-0.39, 0.29) is 18.3 Å². The van der Waals surface area contributed by atoms with Crippen molar-refractivity contribution < 1.29 is 19.0 Å². The van der Waals surface area contributed by atoms with Crippen molar-refractivity contribution in [1.82, 2.24) is 0 Å². The van der Waals surface area contributed by atoms with Crippen molar-refractivity contribution in [2.45, 2.75) is 51.4 Å². The van der Waals surface area contributed by atoms with Crippen LogP contribution in [0.15, 0.2) is 24.3 Å². The summed E-state index contributed by atoms with van der Waals surface area (Å²) in [4.78, 5) is 11.9. The first kappa shape index (κ1) is 15.6. The minimum Gasteiger partial charge on any atom is -0.482 e. The van der Waals surface area contributed by atoms with Crippen molar-refractivity contribution in [3.05, 3.63) is 24.3 Å². The van der Waals surface area contributed by atoms with Gasteiger partial charge in [0.2, 0.25) is 0 Å². The maximum atomic E-state index is 11.9. The van der Waals surface area contributed by atoms with Gasteiger partial charge in [-0.3, -0.25) is 0 Å². The largest absolute Gasteiger partial charge is 0.482 e. The number of ether oxygens (including phenoxy) is 3. The van der Waals surface area contributed by atoms with E-state index in [2.05, 4.69) is 0 Å². The smallest absolute Gasteiger partial charge is 0.344 e. The van der Waals surface area contributed by atoms with Crippen LogP contribution in [0, 0.1) is 0 Å². The Morgan fingerprint density at radius 2 is 1.90 bits per heavy atom. The van der Waals surface area contributed by atoms with Crippen LogP contribution in [0.2, 0.25) is 0 Å². The normalized spacial score (nSPS) is 22.8. The van der Waals surface area contributed by atoms with Crippen LogP contribution in [0.4, 0.5) is 5.69 Å². The summed E-state index contributed by atoms with van der Waals surface area (Å²) in [5.41, 5.74) is 5.46. The molecule has 1 atom stereocenters. The minimum absolute atomic E-state index is 0.128. The van der Waals surface area contributed by atoms with E-state index >= 15 is 0 Å². The molecule has 1 aliphatic rings. The highest BCUT2D eigenvalue weighted by Gasteiger charge is 2.48. The number of nitrogens with two attached hydrogens (primary N) is 1. The fourth-order valence-corrected chi connectivity index (χ4v) is 2.59. The van der Waals surface area contributed by atoms with Gasteiger partial charge in [0.1, 0.15) is 17.5 Å². The van der Waals surface area contributed by atoms with Gasteiger partial charge < -0.3 is 19.9 Å². The lowest BCUT2D eigenvalue weighted by atomic mass is 9.97. The molecule has 0 aromatic heterocycles. The van der Waals surface area contributed by atoms with Crippen molar-refractivity contribution in [3.8, 4) is 5.75 Å². The lowest BCUT2D eigenvalue weighted by molar-refractivity contribution is -0.160. The molecule has 1 aromatic rings. The highest BCUT2D eigenvalue weighted by Crippen LogP contribution is 2.39. The highest BCUT2D eigenvalue weighted by molar-refractivity contribution is 5.71. The third kappa shape index (κ3) is 4.11. The van der Waals surface area contributed by atoms with Gasteiger partial charge >= 0.3 is 5.97 Å². The third-order valence-corrected chi connectivity index (χ3v) is 3.50. The average Bonchev–Trinajstić information content (AvgIpc) is 2.56. The minimum atomic E-state index is -0.486. The van der Waals surface area contributed by atoms with E-state index in [1.807, 2.05) is 27.7 Å². The van der Waals surface area contributed by atoms with Gasteiger partial charge in [-0.1, -0.05) is 0 Å². The molecule has 0 saturated carbocycles. The summed E-state index contributed by atoms with van der Waals surface area (Å²) < 4.78 is 16.8. The Morgan fingerprint density at radius 3 is 2.43 bits per heavy atom. The van der Waals surface area contributed by atoms with Crippen molar-refractivity contribution in [1.29, 1.82) is 0 Å². The number of nitrogen functional groups attached to an aromatic ring is 1. The molecule has 1 saturated heterocycles. The molecule has 21 heavy (non-hydrogen) atoms. The summed E-state index contributed by atoms with van der Waals surface area (Å²) >= 11 is 0.